The molecule has 0 bridgehead atoms. The lowest BCUT2D eigenvalue weighted by molar-refractivity contribution is -0.144. The molecule has 0 spiro atoms. The summed E-state index contributed by atoms with van der Waals surface area (Å²) in [6, 6.07) is 8.36. The summed E-state index contributed by atoms with van der Waals surface area (Å²) in [5, 5.41) is 3.29. The normalized spacial score (nSPS) is 12.2. The first-order valence-electron chi connectivity index (χ1n) is 6.04. The van der Waals surface area contributed by atoms with Gasteiger partial charge in [0.2, 0.25) is 0 Å². The number of carbonyl (C=O) groups is 1. The molecular formula is C14H21NO2. The van der Waals surface area contributed by atoms with E-state index in [1.54, 1.807) is 0 Å². The molecule has 1 rings (SSSR count). The van der Waals surface area contributed by atoms with E-state index in [4.69, 9.17) is 0 Å². The molecule has 1 unspecified atom stereocenters. The lowest BCUT2D eigenvalue weighted by Gasteiger charge is -2.12. The zero-order valence-corrected chi connectivity index (χ0v) is 10.8. The third-order valence-corrected chi connectivity index (χ3v) is 2.87. The first-order chi connectivity index (χ1) is 8.19. The molecule has 0 aliphatic heterocycles. The molecule has 1 aromatic rings. The molecular weight excluding hydrogens is 214 g/mol. The molecule has 17 heavy (non-hydrogen) atoms. The van der Waals surface area contributed by atoms with Gasteiger partial charge in [0.25, 0.3) is 0 Å². The van der Waals surface area contributed by atoms with E-state index in [2.05, 4.69) is 35.2 Å². The third kappa shape index (κ3) is 4.19. The van der Waals surface area contributed by atoms with Crippen LogP contribution in [0, 0.1) is 5.92 Å². The van der Waals surface area contributed by atoms with E-state index in [1.807, 2.05) is 13.0 Å². The first-order valence-corrected chi connectivity index (χ1v) is 6.04. The minimum absolute atomic E-state index is 0.103. The molecule has 1 atom stereocenters. The van der Waals surface area contributed by atoms with Crippen molar-refractivity contribution in [2.24, 2.45) is 5.92 Å². The van der Waals surface area contributed by atoms with Crippen LogP contribution in [-0.4, -0.2) is 19.6 Å². The van der Waals surface area contributed by atoms with Gasteiger partial charge >= 0.3 is 5.97 Å². The number of benzene rings is 1. The molecule has 0 saturated carbocycles. The summed E-state index contributed by atoms with van der Waals surface area (Å²) in [7, 11) is 1.42. The Balaban J connectivity index is 2.43. The number of nitrogens with one attached hydrogen (secondary N) is 1. The largest absolute Gasteiger partial charge is 0.469 e. The van der Waals surface area contributed by atoms with Crippen LogP contribution in [0.15, 0.2) is 24.3 Å². The molecule has 94 valence electrons. The van der Waals surface area contributed by atoms with Crippen molar-refractivity contribution in [3.8, 4) is 0 Å². The van der Waals surface area contributed by atoms with Crippen molar-refractivity contribution >= 4 is 5.97 Å². The zero-order chi connectivity index (χ0) is 12.7. The number of rotatable bonds is 6. The Morgan fingerprint density at radius 2 is 2.00 bits per heavy atom. The Kier molecular flexibility index (Phi) is 5.70. The number of ether oxygens (including phenoxy) is 1. The number of hydrogen-bond acceptors (Lipinski definition) is 3. The maximum absolute atomic E-state index is 11.2. The Morgan fingerprint density at radius 3 is 2.59 bits per heavy atom. The summed E-state index contributed by atoms with van der Waals surface area (Å²) >= 11 is 0. The van der Waals surface area contributed by atoms with Gasteiger partial charge in [-0.25, -0.2) is 0 Å². The maximum atomic E-state index is 11.2. The molecule has 1 N–H and O–H groups in total. The Hall–Kier alpha value is -1.35. The van der Waals surface area contributed by atoms with Crippen LogP contribution in [0.3, 0.4) is 0 Å². The van der Waals surface area contributed by atoms with Gasteiger partial charge in [0, 0.05) is 13.1 Å². The Morgan fingerprint density at radius 1 is 1.35 bits per heavy atom. The van der Waals surface area contributed by atoms with Gasteiger partial charge in [0.1, 0.15) is 0 Å². The maximum Gasteiger partial charge on any atom is 0.309 e. The van der Waals surface area contributed by atoms with E-state index in [0.717, 1.165) is 13.0 Å². The van der Waals surface area contributed by atoms with E-state index >= 15 is 0 Å². The van der Waals surface area contributed by atoms with Gasteiger partial charge in [0.15, 0.2) is 0 Å². The van der Waals surface area contributed by atoms with E-state index < -0.39 is 0 Å². The van der Waals surface area contributed by atoms with Crippen LogP contribution >= 0.6 is 0 Å². The van der Waals surface area contributed by atoms with Gasteiger partial charge in [-0.3, -0.25) is 4.79 Å². The van der Waals surface area contributed by atoms with Crippen LogP contribution in [-0.2, 0) is 22.5 Å². The van der Waals surface area contributed by atoms with Crippen LogP contribution in [0.4, 0.5) is 0 Å². The fourth-order valence-electron chi connectivity index (χ4n) is 1.78. The van der Waals surface area contributed by atoms with Crippen molar-refractivity contribution in [2.45, 2.75) is 26.8 Å². The fraction of sp³-hybridized carbons (Fsp3) is 0.500. The number of methoxy groups -OCH3 is 1. The molecule has 1 aromatic carbocycles. The lowest BCUT2D eigenvalue weighted by Crippen LogP contribution is -2.27. The van der Waals surface area contributed by atoms with Crippen molar-refractivity contribution in [3.63, 3.8) is 0 Å². The topological polar surface area (TPSA) is 38.3 Å². The van der Waals surface area contributed by atoms with Gasteiger partial charge in [0.05, 0.1) is 13.0 Å². The summed E-state index contributed by atoms with van der Waals surface area (Å²) in [6.45, 7) is 5.45. The second-order valence-corrected chi connectivity index (χ2v) is 4.18. The van der Waals surface area contributed by atoms with Gasteiger partial charge in [-0.2, -0.15) is 0 Å². The second-order valence-electron chi connectivity index (χ2n) is 4.18. The van der Waals surface area contributed by atoms with E-state index in [0.29, 0.717) is 6.54 Å². The highest BCUT2D eigenvalue weighted by atomic mass is 16.5. The number of hydrogen-bond donors (Lipinski definition) is 1. The summed E-state index contributed by atoms with van der Waals surface area (Å²) in [5.74, 6) is -0.268. The van der Waals surface area contributed by atoms with Crippen LogP contribution in [0.5, 0.6) is 0 Å². The molecule has 0 aromatic heterocycles. The van der Waals surface area contributed by atoms with Crippen molar-refractivity contribution in [3.05, 3.63) is 35.4 Å². The van der Waals surface area contributed by atoms with E-state index in [1.165, 1.54) is 18.2 Å². The first kappa shape index (κ1) is 13.7. The third-order valence-electron chi connectivity index (χ3n) is 2.87. The standard InChI is InChI=1S/C14H21NO2/c1-4-12-7-5-6-8-13(12)10-15-9-11(2)14(16)17-3/h5-8,11,15H,4,9-10H2,1-3H3. The number of aryl methyl sites for hydroxylation is 1. The van der Waals surface area contributed by atoms with Crippen molar-refractivity contribution < 1.29 is 9.53 Å². The van der Waals surface area contributed by atoms with E-state index in [-0.39, 0.29) is 11.9 Å². The Bertz CT molecular complexity index is 363. The van der Waals surface area contributed by atoms with Gasteiger partial charge in [-0.15, -0.1) is 0 Å². The molecule has 0 radical (unpaired) electrons. The average molecular weight is 235 g/mol. The minimum Gasteiger partial charge on any atom is -0.469 e. The zero-order valence-electron chi connectivity index (χ0n) is 10.8. The van der Waals surface area contributed by atoms with Crippen LogP contribution in [0.25, 0.3) is 0 Å². The Labute approximate surface area is 103 Å². The number of carbonyl (C=O) groups excluding carboxylic acids is 1. The summed E-state index contributed by atoms with van der Waals surface area (Å²) < 4.78 is 4.68. The molecule has 0 heterocycles. The molecule has 3 nitrogen and oxygen atoms in total. The number of esters is 1. The van der Waals surface area contributed by atoms with Crippen LogP contribution in [0.2, 0.25) is 0 Å². The van der Waals surface area contributed by atoms with Crippen molar-refractivity contribution in [1.82, 2.24) is 5.32 Å². The fourth-order valence-corrected chi connectivity index (χ4v) is 1.78. The van der Waals surface area contributed by atoms with Gasteiger partial charge in [-0.1, -0.05) is 38.1 Å². The highest BCUT2D eigenvalue weighted by Crippen LogP contribution is 2.09. The average Bonchev–Trinajstić information content (AvgIpc) is 2.38. The van der Waals surface area contributed by atoms with E-state index in [9.17, 15) is 4.79 Å². The molecule has 3 heteroatoms. The van der Waals surface area contributed by atoms with Crippen LogP contribution < -0.4 is 5.32 Å². The van der Waals surface area contributed by atoms with Crippen molar-refractivity contribution in [1.29, 1.82) is 0 Å². The van der Waals surface area contributed by atoms with Crippen molar-refractivity contribution in [2.75, 3.05) is 13.7 Å². The predicted octanol–water partition coefficient (Wildman–Crippen LogP) is 2.15. The second kappa shape index (κ2) is 7.07. The SMILES string of the molecule is CCc1ccccc1CNCC(C)C(=O)OC. The monoisotopic (exact) mass is 235 g/mol. The molecule has 0 aliphatic carbocycles. The quantitative estimate of drug-likeness (QED) is 0.768. The molecule has 0 aliphatic rings. The van der Waals surface area contributed by atoms with Gasteiger partial charge < -0.3 is 10.1 Å². The smallest absolute Gasteiger partial charge is 0.309 e. The summed E-state index contributed by atoms with van der Waals surface area (Å²) in [6.07, 6.45) is 1.03. The molecule has 0 fully saturated rings. The van der Waals surface area contributed by atoms with Crippen LogP contribution in [0.1, 0.15) is 25.0 Å². The minimum atomic E-state index is -0.165. The van der Waals surface area contributed by atoms with Gasteiger partial charge in [-0.05, 0) is 17.5 Å². The lowest BCUT2D eigenvalue weighted by atomic mass is 10.1. The summed E-state index contributed by atoms with van der Waals surface area (Å²) in [4.78, 5) is 11.2. The highest BCUT2D eigenvalue weighted by Gasteiger charge is 2.12. The predicted molar refractivity (Wildman–Crippen MR) is 68.7 cm³/mol. The highest BCUT2D eigenvalue weighted by molar-refractivity contribution is 5.72. The molecule has 0 saturated heterocycles. The molecule has 0 amide bonds. The summed E-state index contributed by atoms with van der Waals surface area (Å²) in [5.41, 5.74) is 2.65.